The molecule has 0 amide bonds. The van der Waals surface area contributed by atoms with E-state index in [2.05, 4.69) is 30.7 Å². The lowest BCUT2D eigenvalue weighted by atomic mass is 10.2. The third-order valence-electron chi connectivity index (χ3n) is 3.45. The number of carbonyl (C=O) groups is 2. The number of nitrogens with zero attached hydrogens (tertiary/aromatic N) is 2. The molecule has 1 aliphatic rings. The predicted molar refractivity (Wildman–Crippen MR) is 108 cm³/mol. The van der Waals surface area contributed by atoms with E-state index >= 15 is 0 Å². The Kier molecular flexibility index (Phi) is 7.81. The highest BCUT2D eigenvalue weighted by Gasteiger charge is 2.19. The van der Waals surface area contributed by atoms with E-state index in [1.54, 1.807) is 12.1 Å². The van der Waals surface area contributed by atoms with E-state index in [9.17, 15) is 9.59 Å². The van der Waals surface area contributed by atoms with E-state index in [-0.39, 0.29) is 17.6 Å². The topological polar surface area (TPSA) is 123 Å². The number of hydrogen-bond donors (Lipinski definition) is 3. The van der Waals surface area contributed by atoms with Crippen molar-refractivity contribution in [1.82, 2.24) is 16.0 Å². The Hall–Kier alpha value is -3.30. The van der Waals surface area contributed by atoms with Gasteiger partial charge in [-0.25, -0.2) is 9.59 Å². The average Bonchev–Trinajstić information content (AvgIpc) is 2.65. The minimum atomic E-state index is -0.795. The van der Waals surface area contributed by atoms with Crippen LogP contribution in [0.4, 0.5) is 0 Å². The van der Waals surface area contributed by atoms with Crippen molar-refractivity contribution < 1.29 is 23.8 Å². The van der Waals surface area contributed by atoms with Gasteiger partial charge in [-0.1, -0.05) is 0 Å². The first kappa shape index (κ1) is 22.0. The Morgan fingerprint density at radius 3 is 2.07 bits per heavy atom. The molecule has 0 bridgehead atoms. The van der Waals surface area contributed by atoms with Crippen LogP contribution in [0, 0.1) is 0 Å². The Balaban J connectivity index is 2.05. The Labute approximate surface area is 169 Å². The highest BCUT2D eigenvalue weighted by atomic mass is 16.6. The number of benzene rings is 1. The highest BCUT2D eigenvalue weighted by molar-refractivity contribution is 6.00. The van der Waals surface area contributed by atoms with Gasteiger partial charge in [0.2, 0.25) is 11.9 Å². The average molecular weight is 405 g/mol. The molecule has 29 heavy (non-hydrogen) atoms. The summed E-state index contributed by atoms with van der Waals surface area (Å²) in [5.41, 5.74) is 0.280. The molecule has 158 valence electrons. The van der Waals surface area contributed by atoms with Crippen LogP contribution in [-0.4, -0.2) is 56.0 Å². The molecule has 3 N–H and O–H groups in total. The zero-order chi connectivity index (χ0) is 21.4. The molecule has 0 radical (unpaired) electrons. The smallest absolute Gasteiger partial charge is 0.344 e. The lowest BCUT2D eigenvalue weighted by Crippen LogP contribution is -2.53. The molecule has 10 heteroatoms. The molecule has 0 spiro atoms. The normalized spacial score (nSPS) is 13.9. The third-order valence-corrected chi connectivity index (χ3v) is 3.45. The first-order valence-corrected chi connectivity index (χ1v) is 9.23. The minimum Gasteiger partial charge on any atom is -0.466 e. The van der Waals surface area contributed by atoms with Crippen LogP contribution in [0.5, 0.6) is 5.75 Å². The maximum absolute atomic E-state index is 11.9. The Morgan fingerprint density at radius 2 is 1.59 bits per heavy atom. The quantitative estimate of drug-likeness (QED) is 0.574. The van der Waals surface area contributed by atoms with Crippen molar-refractivity contribution >= 4 is 23.9 Å². The molecule has 0 aromatic heterocycles. The molecule has 0 atom stereocenters. The fraction of sp³-hybridized carbons (Fsp3) is 0.474. The number of guanidine groups is 2. The van der Waals surface area contributed by atoms with Crippen LogP contribution in [0.1, 0.15) is 38.1 Å². The second kappa shape index (κ2) is 10.3. The monoisotopic (exact) mass is 405 g/mol. The third kappa shape index (κ3) is 7.32. The van der Waals surface area contributed by atoms with Gasteiger partial charge in [0.25, 0.3) is 6.35 Å². The molecular formula is C19H27N5O5. The number of carbonyl (C=O) groups excluding carboxylic acids is 2. The number of esters is 2. The number of nitrogens with one attached hydrogen (secondary N) is 3. The zero-order valence-electron chi connectivity index (χ0n) is 17.2. The SMILES string of the molecule is COC(=O)COC(=O)c1ccc(OC2N=C(NC(C)C)NC(NC(C)C)=N2)cc1. The standard InChI is InChI=1S/C19H27N5O5/c1-11(2)20-17-22-18(21-12(3)4)24-19(23-17)29-14-8-6-13(7-9-14)16(26)28-10-15(25)27-5/h6-9,11-12,19H,10H2,1-5H3,(H3,20,21,22,23,24). The summed E-state index contributed by atoms with van der Waals surface area (Å²) in [5.74, 6) is 0.308. The molecule has 1 heterocycles. The molecule has 10 nitrogen and oxygen atoms in total. The zero-order valence-corrected chi connectivity index (χ0v) is 17.2. The van der Waals surface area contributed by atoms with E-state index in [0.717, 1.165) is 0 Å². The molecule has 0 unspecified atom stereocenters. The van der Waals surface area contributed by atoms with Crippen molar-refractivity contribution in [3.05, 3.63) is 29.8 Å². The van der Waals surface area contributed by atoms with Gasteiger partial charge >= 0.3 is 11.9 Å². The highest BCUT2D eigenvalue weighted by Crippen LogP contribution is 2.16. The summed E-state index contributed by atoms with van der Waals surface area (Å²) in [7, 11) is 1.22. The van der Waals surface area contributed by atoms with Crippen molar-refractivity contribution in [2.24, 2.45) is 9.98 Å². The van der Waals surface area contributed by atoms with Gasteiger partial charge in [-0.2, -0.15) is 9.98 Å². The first-order chi connectivity index (χ1) is 13.8. The summed E-state index contributed by atoms with van der Waals surface area (Å²) >= 11 is 0. The molecule has 0 aliphatic carbocycles. The van der Waals surface area contributed by atoms with E-state index in [1.165, 1.54) is 19.2 Å². The van der Waals surface area contributed by atoms with Crippen LogP contribution in [0.25, 0.3) is 0 Å². The Bertz CT molecular complexity index is 748. The number of rotatable bonds is 7. The van der Waals surface area contributed by atoms with Crippen LogP contribution >= 0.6 is 0 Å². The molecule has 1 aliphatic heterocycles. The number of methoxy groups -OCH3 is 1. The van der Waals surface area contributed by atoms with Crippen molar-refractivity contribution in [1.29, 1.82) is 0 Å². The van der Waals surface area contributed by atoms with E-state index in [4.69, 9.17) is 9.47 Å². The minimum absolute atomic E-state index is 0.176. The van der Waals surface area contributed by atoms with E-state index in [1.807, 2.05) is 27.7 Å². The van der Waals surface area contributed by atoms with Crippen molar-refractivity contribution in [3.63, 3.8) is 0 Å². The second-order valence-electron chi connectivity index (χ2n) is 6.80. The van der Waals surface area contributed by atoms with Crippen LogP contribution in [0.15, 0.2) is 34.3 Å². The largest absolute Gasteiger partial charge is 0.466 e. The number of aliphatic imine (C=N–C) groups is 2. The molecule has 1 aromatic rings. The molecule has 0 saturated heterocycles. The predicted octanol–water partition coefficient (Wildman–Crippen LogP) is 0.990. The summed E-state index contributed by atoms with van der Waals surface area (Å²) < 4.78 is 15.1. The van der Waals surface area contributed by atoms with Crippen molar-refractivity contribution in [3.8, 4) is 5.75 Å². The van der Waals surface area contributed by atoms with Gasteiger partial charge in [-0.05, 0) is 52.0 Å². The van der Waals surface area contributed by atoms with Gasteiger partial charge in [-0.3, -0.25) is 5.32 Å². The number of hydrogen-bond acceptors (Lipinski definition) is 10. The molecule has 1 aromatic carbocycles. The van der Waals surface area contributed by atoms with Crippen molar-refractivity contribution in [2.45, 2.75) is 46.1 Å². The fourth-order valence-corrected chi connectivity index (χ4v) is 2.23. The summed E-state index contributed by atoms with van der Waals surface area (Å²) in [6.07, 6.45) is -0.795. The van der Waals surface area contributed by atoms with Crippen molar-refractivity contribution in [2.75, 3.05) is 13.7 Å². The second-order valence-corrected chi connectivity index (χ2v) is 6.80. The maximum Gasteiger partial charge on any atom is 0.344 e. The summed E-state index contributed by atoms with van der Waals surface area (Å²) in [6.45, 7) is 7.56. The van der Waals surface area contributed by atoms with E-state index < -0.39 is 24.9 Å². The van der Waals surface area contributed by atoms with Crippen LogP contribution in [-0.2, 0) is 14.3 Å². The van der Waals surface area contributed by atoms with Gasteiger partial charge < -0.3 is 24.8 Å². The summed E-state index contributed by atoms with van der Waals surface area (Å²) in [4.78, 5) is 31.8. The summed E-state index contributed by atoms with van der Waals surface area (Å²) in [5, 5.41) is 9.47. The van der Waals surface area contributed by atoms with Crippen LogP contribution < -0.4 is 20.7 Å². The van der Waals surface area contributed by atoms with Gasteiger partial charge in [0, 0.05) is 12.1 Å². The first-order valence-electron chi connectivity index (χ1n) is 9.23. The molecule has 0 fully saturated rings. The maximum atomic E-state index is 11.9. The molecule has 2 rings (SSSR count). The fourth-order valence-electron chi connectivity index (χ4n) is 2.23. The van der Waals surface area contributed by atoms with Gasteiger partial charge in [-0.15, -0.1) is 0 Å². The van der Waals surface area contributed by atoms with Gasteiger partial charge in [0.05, 0.1) is 12.7 Å². The van der Waals surface area contributed by atoms with Crippen LogP contribution in [0.2, 0.25) is 0 Å². The lowest BCUT2D eigenvalue weighted by Gasteiger charge is -2.25. The lowest BCUT2D eigenvalue weighted by molar-refractivity contribution is -0.144. The van der Waals surface area contributed by atoms with Gasteiger partial charge in [0.1, 0.15) is 5.75 Å². The summed E-state index contributed by atoms with van der Waals surface area (Å²) in [6, 6.07) is 6.62. The number of ether oxygens (including phenoxy) is 3. The van der Waals surface area contributed by atoms with Crippen LogP contribution in [0.3, 0.4) is 0 Å². The molecule has 0 saturated carbocycles. The van der Waals surface area contributed by atoms with E-state index in [0.29, 0.717) is 17.7 Å². The Morgan fingerprint density at radius 1 is 1.03 bits per heavy atom. The molecular weight excluding hydrogens is 378 g/mol. The van der Waals surface area contributed by atoms with Gasteiger partial charge in [0.15, 0.2) is 6.61 Å².